The maximum absolute atomic E-state index is 9.19. The van der Waals surface area contributed by atoms with Gasteiger partial charge in [-0.3, -0.25) is 0 Å². The average Bonchev–Trinajstić information content (AvgIpc) is 2.33. The summed E-state index contributed by atoms with van der Waals surface area (Å²) in [5.41, 5.74) is 1.09. The molecule has 0 fully saturated rings. The van der Waals surface area contributed by atoms with E-state index in [-0.39, 0.29) is 0 Å². The van der Waals surface area contributed by atoms with Gasteiger partial charge >= 0.3 is 0 Å². The third-order valence-electron chi connectivity index (χ3n) is 2.25. The lowest BCUT2D eigenvalue weighted by molar-refractivity contribution is 0.122. The molecule has 1 rings (SSSR count). The topological polar surface area (TPSA) is 50.7 Å². The second-order valence-electron chi connectivity index (χ2n) is 3.94. The number of ether oxygens (including phenoxy) is 2. The zero-order valence-electron chi connectivity index (χ0n) is 10.5. The summed E-state index contributed by atoms with van der Waals surface area (Å²) in [5, 5.41) is 12.5. The van der Waals surface area contributed by atoms with Crippen LogP contribution in [-0.2, 0) is 11.3 Å². The van der Waals surface area contributed by atoms with Crippen molar-refractivity contribution in [1.29, 1.82) is 0 Å². The van der Waals surface area contributed by atoms with Crippen molar-refractivity contribution < 1.29 is 14.6 Å². The van der Waals surface area contributed by atoms with Crippen LogP contribution in [0.4, 0.5) is 0 Å². The van der Waals surface area contributed by atoms with E-state index in [0.717, 1.165) is 24.4 Å². The lowest BCUT2D eigenvalue weighted by Crippen LogP contribution is -2.20. The first-order chi connectivity index (χ1) is 8.24. The van der Waals surface area contributed by atoms with Gasteiger partial charge in [0.1, 0.15) is 12.4 Å². The van der Waals surface area contributed by atoms with Crippen LogP contribution in [0.2, 0.25) is 0 Å². The number of para-hydroxylation sites is 1. The lowest BCUT2D eigenvalue weighted by atomic mass is 10.2. The van der Waals surface area contributed by atoms with Crippen LogP contribution >= 0.6 is 0 Å². The van der Waals surface area contributed by atoms with Crippen molar-refractivity contribution in [3.63, 3.8) is 0 Å². The van der Waals surface area contributed by atoms with Gasteiger partial charge in [0.25, 0.3) is 0 Å². The smallest absolute Gasteiger partial charge is 0.123 e. The number of rotatable bonds is 8. The van der Waals surface area contributed by atoms with Crippen LogP contribution in [0.15, 0.2) is 24.3 Å². The molecule has 1 aromatic rings. The number of benzene rings is 1. The normalized spacial score (nSPS) is 12.4. The highest BCUT2D eigenvalue weighted by Gasteiger charge is 2.04. The van der Waals surface area contributed by atoms with Crippen molar-refractivity contribution in [3.8, 4) is 5.75 Å². The highest BCUT2D eigenvalue weighted by molar-refractivity contribution is 5.33. The van der Waals surface area contributed by atoms with Crippen LogP contribution in [0, 0.1) is 0 Å². The second kappa shape index (κ2) is 8.06. The Bertz CT molecular complexity index is 315. The Morgan fingerprint density at radius 2 is 2.12 bits per heavy atom. The maximum atomic E-state index is 9.19. The molecular weight excluding hydrogens is 218 g/mol. The fourth-order valence-electron chi connectivity index (χ4n) is 1.40. The minimum Gasteiger partial charge on any atom is -0.491 e. The Balaban J connectivity index is 2.46. The molecule has 96 valence electrons. The summed E-state index contributed by atoms with van der Waals surface area (Å²) in [5.74, 6) is 0.818. The Morgan fingerprint density at radius 3 is 2.82 bits per heavy atom. The number of hydrogen-bond donors (Lipinski definition) is 2. The molecule has 0 heterocycles. The quantitative estimate of drug-likeness (QED) is 0.669. The molecule has 0 amide bonds. The molecule has 0 bridgehead atoms. The lowest BCUT2D eigenvalue weighted by Gasteiger charge is -2.13. The summed E-state index contributed by atoms with van der Waals surface area (Å²) >= 11 is 0. The van der Waals surface area contributed by atoms with Crippen LogP contribution in [0.1, 0.15) is 12.5 Å². The fraction of sp³-hybridized carbons (Fsp3) is 0.538. The van der Waals surface area contributed by atoms with Gasteiger partial charge in [-0.05, 0) is 13.0 Å². The van der Waals surface area contributed by atoms with Gasteiger partial charge in [0, 0.05) is 25.8 Å². The summed E-state index contributed by atoms with van der Waals surface area (Å²) in [6.07, 6.45) is -0.454. The van der Waals surface area contributed by atoms with E-state index in [1.165, 1.54) is 0 Å². The standard InChI is InChI=1S/C13H21NO3/c1-11(15)10-17-13-6-4-3-5-12(13)9-14-7-8-16-2/h3-6,11,14-15H,7-10H2,1-2H3. The molecule has 0 spiro atoms. The van der Waals surface area contributed by atoms with Crippen molar-refractivity contribution in [3.05, 3.63) is 29.8 Å². The highest BCUT2D eigenvalue weighted by Crippen LogP contribution is 2.17. The average molecular weight is 239 g/mol. The summed E-state index contributed by atoms with van der Waals surface area (Å²) in [7, 11) is 1.68. The van der Waals surface area contributed by atoms with Gasteiger partial charge in [-0.1, -0.05) is 18.2 Å². The minimum atomic E-state index is -0.454. The predicted molar refractivity (Wildman–Crippen MR) is 67.2 cm³/mol. The highest BCUT2D eigenvalue weighted by atomic mass is 16.5. The number of aliphatic hydroxyl groups excluding tert-OH is 1. The molecule has 0 aliphatic rings. The number of nitrogens with one attached hydrogen (secondary N) is 1. The summed E-state index contributed by atoms with van der Waals surface area (Å²) in [6.45, 7) is 4.26. The number of aliphatic hydroxyl groups is 1. The molecule has 4 heteroatoms. The van der Waals surface area contributed by atoms with Crippen molar-refractivity contribution in [2.45, 2.75) is 19.6 Å². The van der Waals surface area contributed by atoms with Crippen LogP contribution < -0.4 is 10.1 Å². The van der Waals surface area contributed by atoms with Crippen molar-refractivity contribution in [1.82, 2.24) is 5.32 Å². The Hall–Kier alpha value is -1.10. The molecule has 1 atom stereocenters. The van der Waals surface area contributed by atoms with Gasteiger partial charge in [0.2, 0.25) is 0 Å². The van der Waals surface area contributed by atoms with Gasteiger partial charge < -0.3 is 19.9 Å². The first kappa shape index (κ1) is 14.0. The molecule has 0 aromatic heterocycles. The predicted octanol–water partition coefficient (Wildman–Crippen LogP) is 1.18. The van der Waals surface area contributed by atoms with Gasteiger partial charge in [-0.2, -0.15) is 0 Å². The van der Waals surface area contributed by atoms with Gasteiger partial charge in [-0.15, -0.1) is 0 Å². The van der Waals surface area contributed by atoms with E-state index in [2.05, 4.69) is 5.32 Å². The van der Waals surface area contributed by atoms with E-state index in [0.29, 0.717) is 13.2 Å². The molecule has 1 aromatic carbocycles. The molecular formula is C13H21NO3. The Kier molecular flexibility index (Phi) is 6.62. The SMILES string of the molecule is COCCNCc1ccccc1OCC(C)O. The number of methoxy groups -OCH3 is 1. The van der Waals surface area contributed by atoms with Crippen LogP contribution in [0.5, 0.6) is 5.75 Å². The molecule has 17 heavy (non-hydrogen) atoms. The van der Waals surface area contributed by atoms with E-state index in [1.807, 2.05) is 24.3 Å². The van der Waals surface area contributed by atoms with Crippen LogP contribution in [0.25, 0.3) is 0 Å². The summed E-state index contributed by atoms with van der Waals surface area (Å²) < 4.78 is 10.5. The van der Waals surface area contributed by atoms with Gasteiger partial charge in [0.05, 0.1) is 12.7 Å². The zero-order valence-corrected chi connectivity index (χ0v) is 10.5. The molecule has 0 radical (unpaired) electrons. The molecule has 0 saturated carbocycles. The summed E-state index contributed by atoms with van der Waals surface area (Å²) in [6, 6.07) is 7.82. The first-order valence-corrected chi connectivity index (χ1v) is 5.82. The molecule has 1 unspecified atom stereocenters. The second-order valence-corrected chi connectivity index (χ2v) is 3.94. The Morgan fingerprint density at radius 1 is 1.35 bits per heavy atom. The van der Waals surface area contributed by atoms with E-state index >= 15 is 0 Å². The van der Waals surface area contributed by atoms with Crippen molar-refractivity contribution in [2.24, 2.45) is 0 Å². The molecule has 4 nitrogen and oxygen atoms in total. The zero-order chi connectivity index (χ0) is 12.5. The largest absolute Gasteiger partial charge is 0.491 e. The van der Waals surface area contributed by atoms with Gasteiger partial charge in [0.15, 0.2) is 0 Å². The fourth-order valence-corrected chi connectivity index (χ4v) is 1.40. The van der Waals surface area contributed by atoms with E-state index in [4.69, 9.17) is 9.47 Å². The van der Waals surface area contributed by atoms with Gasteiger partial charge in [-0.25, -0.2) is 0 Å². The van der Waals surface area contributed by atoms with E-state index < -0.39 is 6.10 Å². The van der Waals surface area contributed by atoms with Crippen LogP contribution in [0.3, 0.4) is 0 Å². The van der Waals surface area contributed by atoms with Crippen molar-refractivity contribution >= 4 is 0 Å². The third kappa shape index (κ3) is 5.68. The van der Waals surface area contributed by atoms with E-state index in [1.54, 1.807) is 14.0 Å². The molecule has 2 N–H and O–H groups in total. The first-order valence-electron chi connectivity index (χ1n) is 5.82. The van der Waals surface area contributed by atoms with Crippen LogP contribution in [-0.4, -0.2) is 38.1 Å². The molecule has 0 aliphatic carbocycles. The van der Waals surface area contributed by atoms with E-state index in [9.17, 15) is 5.11 Å². The minimum absolute atomic E-state index is 0.315. The third-order valence-corrected chi connectivity index (χ3v) is 2.25. The Labute approximate surface area is 103 Å². The number of hydrogen-bond acceptors (Lipinski definition) is 4. The van der Waals surface area contributed by atoms with Crippen molar-refractivity contribution in [2.75, 3.05) is 26.9 Å². The summed E-state index contributed by atoms with van der Waals surface area (Å²) in [4.78, 5) is 0. The molecule has 0 aliphatic heterocycles. The molecule has 0 saturated heterocycles. The maximum Gasteiger partial charge on any atom is 0.123 e. The monoisotopic (exact) mass is 239 g/mol.